The van der Waals surface area contributed by atoms with E-state index in [-0.39, 0.29) is 17.4 Å². The second-order valence-corrected chi connectivity index (χ2v) is 4.38. The molecule has 2 heterocycles. The van der Waals surface area contributed by atoms with Gasteiger partial charge in [-0.3, -0.25) is 0 Å². The third kappa shape index (κ3) is 2.53. The van der Waals surface area contributed by atoms with Crippen LogP contribution in [0.4, 0.5) is 11.5 Å². The Morgan fingerprint density at radius 2 is 2.44 bits per heavy atom. The third-order valence-corrected chi connectivity index (χ3v) is 3.19. The summed E-state index contributed by atoms with van der Waals surface area (Å²) in [6, 6.07) is 1.52. The third-order valence-electron chi connectivity index (χ3n) is 3.19. The average Bonchev–Trinajstić information content (AvgIpc) is 2.39. The molecule has 0 aliphatic carbocycles. The van der Waals surface area contributed by atoms with Gasteiger partial charge in [0.25, 0.3) is 0 Å². The Balaban J connectivity index is 2.22. The second-order valence-electron chi connectivity index (χ2n) is 4.38. The number of anilines is 2. The first-order chi connectivity index (χ1) is 8.61. The van der Waals surface area contributed by atoms with Crippen LogP contribution in [0.1, 0.15) is 23.2 Å². The lowest BCUT2D eigenvalue weighted by atomic mass is 10.1. The van der Waals surface area contributed by atoms with Gasteiger partial charge in [-0.25, -0.2) is 9.78 Å². The normalized spacial score (nSPS) is 19.8. The van der Waals surface area contributed by atoms with Crippen LogP contribution >= 0.6 is 0 Å². The van der Waals surface area contributed by atoms with E-state index in [1.807, 2.05) is 4.90 Å². The fourth-order valence-corrected chi connectivity index (χ4v) is 2.15. The van der Waals surface area contributed by atoms with E-state index in [0.29, 0.717) is 5.82 Å². The van der Waals surface area contributed by atoms with Gasteiger partial charge in [-0.2, -0.15) is 0 Å². The quantitative estimate of drug-likeness (QED) is 0.832. The van der Waals surface area contributed by atoms with Crippen LogP contribution in [0.5, 0.6) is 0 Å². The van der Waals surface area contributed by atoms with Crippen LogP contribution in [0.2, 0.25) is 0 Å². The van der Waals surface area contributed by atoms with Crippen LogP contribution in [0.25, 0.3) is 0 Å². The van der Waals surface area contributed by atoms with Gasteiger partial charge in [0.15, 0.2) is 0 Å². The second kappa shape index (κ2) is 5.22. The topological polar surface area (TPSA) is 88.7 Å². The zero-order chi connectivity index (χ0) is 13.1. The molecule has 18 heavy (non-hydrogen) atoms. The number of pyridine rings is 1. The predicted molar refractivity (Wildman–Crippen MR) is 67.9 cm³/mol. The molecule has 0 aromatic carbocycles. The predicted octanol–water partition coefficient (Wildman–Crippen LogP) is 0.977. The lowest BCUT2D eigenvalue weighted by molar-refractivity contribution is 0.0698. The first-order valence-electron chi connectivity index (χ1n) is 5.88. The first kappa shape index (κ1) is 12.6. The zero-order valence-corrected chi connectivity index (χ0v) is 10.3. The van der Waals surface area contributed by atoms with E-state index >= 15 is 0 Å². The number of nitrogen functional groups attached to an aromatic ring is 1. The number of carbonyl (C=O) groups is 1. The van der Waals surface area contributed by atoms with E-state index in [4.69, 9.17) is 15.6 Å². The van der Waals surface area contributed by atoms with E-state index in [9.17, 15) is 4.79 Å². The Morgan fingerprint density at radius 1 is 1.67 bits per heavy atom. The number of aromatic carboxylic acids is 1. The van der Waals surface area contributed by atoms with Gasteiger partial charge < -0.3 is 20.5 Å². The van der Waals surface area contributed by atoms with E-state index in [1.165, 1.54) is 12.3 Å². The summed E-state index contributed by atoms with van der Waals surface area (Å²) < 4.78 is 5.33. The SMILES string of the molecule is COC1CCCN(c2cc(C(=O)O)c(N)cn2)C1. The number of hydrogen-bond acceptors (Lipinski definition) is 5. The Morgan fingerprint density at radius 3 is 3.11 bits per heavy atom. The number of methoxy groups -OCH3 is 1. The standard InChI is InChI=1S/C12H17N3O3/c1-18-8-3-2-4-15(7-8)11-5-9(12(16)17)10(13)6-14-11/h5-6,8H,2-4,7,13H2,1H3,(H,16,17). The average molecular weight is 251 g/mol. The molecule has 98 valence electrons. The van der Waals surface area contributed by atoms with Crippen molar-refractivity contribution in [1.82, 2.24) is 4.98 Å². The summed E-state index contributed by atoms with van der Waals surface area (Å²) in [5.74, 6) is -0.389. The summed E-state index contributed by atoms with van der Waals surface area (Å²) in [7, 11) is 1.69. The molecule has 2 rings (SSSR count). The molecule has 1 aliphatic heterocycles. The highest BCUT2D eigenvalue weighted by molar-refractivity contribution is 5.94. The zero-order valence-electron chi connectivity index (χ0n) is 10.3. The van der Waals surface area contributed by atoms with Crippen LogP contribution in [-0.4, -0.2) is 42.4 Å². The molecule has 3 N–H and O–H groups in total. The molecule has 1 aliphatic rings. The molecule has 1 unspecified atom stereocenters. The molecule has 0 bridgehead atoms. The number of carboxylic acid groups (broad SMARTS) is 1. The minimum atomic E-state index is -1.03. The molecular weight excluding hydrogens is 234 g/mol. The van der Waals surface area contributed by atoms with Crippen LogP contribution in [0.15, 0.2) is 12.3 Å². The van der Waals surface area contributed by atoms with Crippen molar-refractivity contribution in [2.24, 2.45) is 0 Å². The van der Waals surface area contributed by atoms with Crippen molar-refractivity contribution in [2.75, 3.05) is 30.8 Å². The fraction of sp³-hybridized carbons (Fsp3) is 0.500. The Bertz CT molecular complexity index is 450. The molecule has 6 heteroatoms. The first-order valence-corrected chi connectivity index (χ1v) is 5.88. The van der Waals surface area contributed by atoms with Crippen molar-refractivity contribution < 1.29 is 14.6 Å². The molecule has 0 amide bonds. The maximum absolute atomic E-state index is 11.0. The van der Waals surface area contributed by atoms with Gasteiger partial charge in [-0.05, 0) is 18.9 Å². The van der Waals surface area contributed by atoms with Crippen molar-refractivity contribution in [3.8, 4) is 0 Å². The van der Waals surface area contributed by atoms with Crippen LogP contribution in [0.3, 0.4) is 0 Å². The molecule has 1 fully saturated rings. The summed E-state index contributed by atoms with van der Waals surface area (Å²) in [6.45, 7) is 1.59. The summed E-state index contributed by atoms with van der Waals surface area (Å²) in [5, 5.41) is 9.04. The van der Waals surface area contributed by atoms with E-state index in [0.717, 1.165) is 25.9 Å². The highest BCUT2D eigenvalue weighted by atomic mass is 16.5. The van der Waals surface area contributed by atoms with Gasteiger partial charge in [0.05, 0.1) is 23.6 Å². The molecule has 1 saturated heterocycles. The number of ether oxygens (including phenoxy) is 1. The van der Waals surface area contributed by atoms with Gasteiger partial charge >= 0.3 is 5.97 Å². The van der Waals surface area contributed by atoms with Gasteiger partial charge in [0.1, 0.15) is 5.82 Å². The van der Waals surface area contributed by atoms with E-state index in [1.54, 1.807) is 7.11 Å². The molecular formula is C12H17N3O3. The Hall–Kier alpha value is -1.82. The molecule has 0 radical (unpaired) electrons. The highest BCUT2D eigenvalue weighted by Crippen LogP contribution is 2.22. The number of carboxylic acids is 1. The highest BCUT2D eigenvalue weighted by Gasteiger charge is 2.21. The lowest BCUT2D eigenvalue weighted by Gasteiger charge is -2.32. The Labute approximate surface area is 105 Å². The molecule has 0 spiro atoms. The number of aromatic nitrogens is 1. The van der Waals surface area contributed by atoms with Gasteiger partial charge in [0.2, 0.25) is 0 Å². The van der Waals surface area contributed by atoms with E-state index < -0.39 is 5.97 Å². The van der Waals surface area contributed by atoms with Crippen molar-refractivity contribution in [1.29, 1.82) is 0 Å². The summed E-state index contributed by atoms with van der Waals surface area (Å²) >= 11 is 0. The van der Waals surface area contributed by atoms with Gasteiger partial charge in [-0.15, -0.1) is 0 Å². The van der Waals surface area contributed by atoms with Crippen molar-refractivity contribution in [2.45, 2.75) is 18.9 Å². The molecule has 1 atom stereocenters. The monoisotopic (exact) mass is 251 g/mol. The number of piperidine rings is 1. The maximum atomic E-state index is 11.0. The molecule has 1 aromatic heterocycles. The Kier molecular flexibility index (Phi) is 3.66. The molecule has 6 nitrogen and oxygen atoms in total. The van der Waals surface area contributed by atoms with Crippen molar-refractivity contribution in [3.05, 3.63) is 17.8 Å². The minimum Gasteiger partial charge on any atom is -0.478 e. The molecule has 1 aromatic rings. The van der Waals surface area contributed by atoms with Crippen LogP contribution in [0, 0.1) is 0 Å². The van der Waals surface area contributed by atoms with Gasteiger partial charge in [-0.1, -0.05) is 0 Å². The number of rotatable bonds is 3. The van der Waals surface area contributed by atoms with Crippen molar-refractivity contribution in [3.63, 3.8) is 0 Å². The van der Waals surface area contributed by atoms with Gasteiger partial charge in [0, 0.05) is 20.2 Å². The van der Waals surface area contributed by atoms with Crippen LogP contribution in [-0.2, 0) is 4.74 Å². The fourth-order valence-electron chi connectivity index (χ4n) is 2.15. The molecule has 0 saturated carbocycles. The van der Waals surface area contributed by atoms with Crippen molar-refractivity contribution >= 4 is 17.5 Å². The number of nitrogens with zero attached hydrogens (tertiary/aromatic N) is 2. The summed E-state index contributed by atoms with van der Waals surface area (Å²) in [4.78, 5) is 17.3. The van der Waals surface area contributed by atoms with E-state index in [2.05, 4.69) is 4.98 Å². The number of nitrogens with two attached hydrogens (primary N) is 1. The summed E-state index contributed by atoms with van der Waals surface area (Å²) in [6.07, 6.45) is 3.60. The maximum Gasteiger partial charge on any atom is 0.337 e. The lowest BCUT2D eigenvalue weighted by Crippen LogP contribution is -2.39. The smallest absolute Gasteiger partial charge is 0.337 e. The van der Waals surface area contributed by atoms with Crippen LogP contribution < -0.4 is 10.6 Å². The largest absolute Gasteiger partial charge is 0.478 e. The number of hydrogen-bond donors (Lipinski definition) is 2. The summed E-state index contributed by atoms with van der Waals surface area (Å²) in [5.41, 5.74) is 5.87. The minimum absolute atomic E-state index is 0.0968.